The summed E-state index contributed by atoms with van der Waals surface area (Å²) in [4.78, 5) is 18.1. The van der Waals surface area contributed by atoms with Crippen LogP contribution in [0.25, 0.3) is 0 Å². The highest BCUT2D eigenvalue weighted by Crippen LogP contribution is 2.38. The molecular formula is C18H14FNO2S. The second-order valence-electron chi connectivity index (χ2n) is 4.80. The molecule has 0 bridgehead atoms. The Morgan fingerprint density at radius 2 is 1.91 bits per heavy atom. The zero-order valence-corrected chi connectivity index (χ0v) is 13.3. The number of rotatable bonds is 3. The normalized spacial score (nSPS) is 13.5. The first-order valence-corrected chi connectivity index (χ1v) is 7.99. The largest absolute Gasteiger partial charge is 0.462 e. The Kier molecular flexibility index (Phi) is 4.57. The molecule has 0 atom stereocenters. The van der Waals surface area contributed by atoms with E-state index in [1.165, 1.54) is 23.9 Å². The molecule has 1 aliphatic rings. The highest BCUT2D eigenvalue weighted by atomic mass is 32.2. The van der Waals surface area contributed by atoms with Crippen molar-refractivity contribution < 1.29 is 13.9 Å². The maximum atomic E-state index is 13.1. The Bertz CT molecular complexity index is 797. The van der Waals surface area contributed by atoms with Crippen LogP contribution >= 0.6 is 11.8 Å². The zero-order valence-electron chi connectivity index (χ0n) is 12.5. The lowest BCUT2D eigenvalue weighted by Gasteiger charge is -2.05. The topological polar surface area (TPSA) is 38.7 Å². The van der Waals surface area contributed by atoms with Crippen LogP contribution < -0.4 is 0 Å². The number of aliphatic imine (C=N–C) groups is 1. The Hall–Kier alpha value is -2.40. The Balaban J connectivity index is 2.09. The van der Waals surface area contributed by atoms with Crippen molar-refractivity contribution in [2.24, 2.45) is 4.99 Å². The number of esters is 1. The number of halogens is 1. The number of hydrogen-bond donors (Lipinski definition) is 0. The Labute approximate surface area is 137 Å². The van der Waals surface area contributed by atoms with Crippen LogP contribution in [0.15, 0.2) is 69.4 Å². The average molecular weight is 327 g/mol. The van der Waals surface area contributed by atoms with E-state index >= 15 is 0 Å². The molecule has 3 rings (SSSR count). The number of allylic oxidation sites excluding steroid dienone is 1. The first-order valence-electron chi connectivity index (χ1n) is 7.17. The van der Waals surface area contributed by atoms with Gasteiger partial charge in [0.2, 0.25) is 0 Å². The van der Waals surface area contributed by atoms with Crippen molar-refractivity contribution in [3.8, 4) is 0 Å². The second kappa shape index (κ2) is 6.79. The maximum Gasteiger partial charge on any atom is 0.345 e. The molecule has 0 saturated carbocycles. The predicted octanol–water partition coefficient (Wildman–Crippen LogP) is 4.50. The third kappa shape index (κ3) is 3.51. The molecule has 2 aromatic rings. The monoisotopic (exact) mass is 327 g/mol. The third-order valence-corrected chi connectivity index (χ3v) is 4.28. The number of nitrogens with zero attached hydrogens (tertiary/aromatic N) is 1. The summed E-state index contributed by atoms with van der Waals surface area (Å²) in [6.45, 7) is 2.07. The highest BCUT2D eigenvalue weighted by molar-refractivity contribution is 8.04. The Morgan fingerprint density at radius 1 is 1.17 bits per heavy atom. The molecule has 0 N–H and O–H groups in total. The molecule has 0 amide bonds. The fraction of sp³-hybridized carbons (Fsp3) is 0.111. The van der Waals surface area contributed by atoms with Gasteiger partial charge in [-0.05, 0) is 49.4 Å². The lowest BCUT2D eigenvalue weighted by atomic mass is 10.1. The van der Waals surface area contributed by atoms with Crippen LogP contribution in [-0.2, 0) is 9.53 Å². The number of para-hydroxylation sites is 1. The first kappa shape index (κ1) is 15.5. The van der Waals surface area contributed by atoms with Crippen molar-refractivity contribution in [3.63, 3.8) is 0 Å². The van der Waals surface area contributed by atoms with Crippen LogP contribution in [-0.4, -0.2) is 18.3 Å². The number of hydrogen-bond acceptors (Lipinski definition) is 4. The molecule has 0 unspecified atom stereocenters. The number of fused-ring (bicyclic) bond motifs is 1. The number of carbonyl (C=O) groups excluding carboxylic acids is 1. The number of thioether (sulfide) groups is 1. The summed E-state index contributed by atoms with van der Waals surface area (Å²) in [7, 11) is 0. The van der Waals surface area contributed by atoms with Crippen molar-refractivity contribution in [2.75, 3.05) is 6.61 Å². The summed E-state index contributed by atoms with van der Waals surface area (Å²) in [5.74, 6) is -0.698. The van der Waals surface area contributed by atoms with Gasteiger partial charge in [0.1, 0.15) is 5.82 Å². The van der Waals surface area contributed by atoms with E-state index < -0.39 is 0 Å². The summed E-state index contributed by atoms with van der Waals surface area (Å²) in [5.41, 5.74) is 2.11. The van der Waals surface area contributed by atoms with E-state index in [2.05, 4.69) is 4.99 Å². The summed E-state index contributed by atoms with van der Waals surface area (Å²) < 4.78 is 18.3. The predicted molar refractivity (Wildman–Crippen MR) is 89.6 cm³/mol. The van der Waals surface area contributed by atoms with Crippen LogP contribution in [0.4, 0.5) is 10.1 Å². The third-order valence-electron chi connectivity index (χ3n) is 3.21. The molecule has 116 valence electrons. The van der Waals surface area contributed by atoms with E-state index in [-0.39, 0.29) is 11.8 Å². The van der Waals surface area contributed by atoms with Crippen LogP contribution in [0.2, 0.25) is 0 Å². The van der Waals surface area contributed by atoms with Gasteiger partial charge in [-0.15, -0.1) is 0 Å². The summed E-state index contributed by atoms with van der Waals surface area (Å²) in [5, 5.41) is 0. The van der Waals surface area contributed by atoms with Crippen molar-refractivity contribution in [3.05, 3.63) is 70.9 Å². The van der Waals surface area contributed by atoms with E-state index in [9.17, 15) is 9.18 Å². The van der Waals surface area contributed by atoms with Gasteiger partial charge in [0.15, 0.2) is 0 Å². The van der Waals surface area contributed by atoms with Gasteiger partial charge in [0.05, 0.1) is 22.9 Å². The fourth-order valence-corrected chi connectivity index (χ4v) is 3.06. The van der Waals surface area contributed by atoms with Gasteiger partial charge < -0.3 is 4.74 Å². The van der Waals surface area contributed by atoms with Crippen molar-refractivity contribution in [1.29, 1.82) is 0 Å². The maximum absolute atomic E-state index is 13.1. The molecule has 0 fully saturated rings. The SMILES string of the molecule is CCOC(=O)C1=CC(c2ccc(F)cc2)=Nc2ccccc2S1. The van der Waals surface area contributed by atoms with E-state index in [1.54, 1.807) is 25.1 Å². The van der Waals surface area contributed by atoms with Crippen molar-refractivity contribution >= 4 is 29.1 Å². The van der Waals surface area contributed by atoms with Crippen LogP contribution in [0, 0.1) is 5.82 Å². The van der Waals surface area contributed by atoms with Crippen LogP contribution in [0.3, 0.4) is 0 Å². The quantitative estimate of drug-likeness (QED) is 0.779. The summed E-state index contributed by atoms with van der Waals surface area (Å²) >= 11 is 1.33. The average Bonchev–Trinajstić information content (AvgIpc) is 2.75. The number of carbonyl (C=O) groups is 1. The van der Waals surface area contributed by atoms with Crippen molar-refractivity contribution in [1.82, 2.24) is 0 Å². The number of ether oxygens (including phenoxy) is 1. The van der Waals surface area contributed by atoms with Gasteiger partial charge in [-0.2, -0.15) is 0 Å². The molecule has 23 heavy (non-hydrogen) atoms. The standard InChI is InChI=1S/C18H14FNO2S/c1-2-22-18(21)17-11-15(12-7-9-13(19)10-8-12)20-14-5-3-4-6-16(14)23-17/h3-11H,2H2,1H3. The van der Waals surface area contributed by atoms with E-state index in [0.717, 1.165) is 16.1 Å². The van der Waals surface area contributed by atoms with E-state index in [4.69, 9.17) is 4.74 Å². The lowest BCUT2D eigenvalue weighted by molar-refractivity contribution is -0.137. The first-order chi connectivity index (χ1) is 11.2. The number of benzene rings is 2. The lowest BCUT2D eigenvalue weighted by Crippen LogP contribution is -2.07. The summed E-state index contributed by atoms with van der Waals surface area (Å²) in [6, 6.07) is 13.6. The minimum Gasteiger partial charge on any atom is -0.462 e. The molecule has 0 spiro atoms. The molecule has 0 aromatic heterocycles. The molecule has 0 aliphatic carbocycles. The second-order valence-corrected chi connectivity index (χ2v) is 5.89. The van der Waals surface area contributed by atoms with Crippen LogP contribution in [0.5, 0.6) is 0 Å². The molecule has 3 nitrogen and oxygen atoms in total. The van der Waals surface area contributed by atoms with Gasteiger partial charge >= 0.3 is 5.97 Å². The molecule has 0 radical (unpaired) electrons. The molecule has 5 heteroatoms. The molecular weight excluding hydrogens is 313 g/mol. The van der Waals surface area contributed by atoms with Gasteiger partial charge in [-0.1, -0.05) is 23.9 Å². The van der Waals surface area contributed by atoms with Gasteiger partial charge in [-0.25, -0.2) is 14.2 Å². The Morgan fingerprint density at radius 3 is 2.65 bits per heavy atom. The molecule has 1 aliphatic heterocycles. The van der Waals surface area contributed by atoms with Gasteiger partial charge in [0, 0.05) is 10.5 Å². The van der Waals surface area contributed by atoms with Crippen molar-refractivity contribution in [2.45, 2.75) is 11.8 Å². The minimum atomic E-state index is -0.385. The molecule has 0 saturated heterocycles. The van der Waals surface area contributed by atoms with Gasteiger partial charge in [0.25, 0.3) is 0 Å². The minimum absolute atomic E-state index is 0.307. The smallest absolute Gasteiger partial charge is 0.345 e. The van der Waals surface area contributed by atoms with E-state index in [1.807, 2.05) is 24.3 Å². The highest BCUT2D eigenvalue weighted by Gasteiger charge is 2.19. The molecule has 1 heterocycles. The zero-order chi connectivity index (χ0) is 16.2. The summed E-state index contributed by atoms with van der Waals surface area (Å²) in [6.07, 6.45) is 1.69. The van der Waals surface area contributed by atoms with E-state index in [0.29, 0.717) is 17.2 Å². The molecule has 2 aromatic carbocycles. The van der Waals surface area contributed by atoms with Crippen LogP contribution in [0.1, 0.15) is 12.5 Å². The van der Waals surface area contributed by atoms with Gasteiger partial charge in [-0.3, -0.25) is 0 Å². The fourth-order valence-electron chi connectivity index (χ4n) is 2.14.